The van der Waals surface area contributed by atoms with Crippen LogP contribution in [0.2, 0.25) is 0 Å². The third-order valence-electron chi connectivity index (χ3n) is 5.36. The second-order valence-corrected chi connectivity index (χ2v) is 9.54. The summed E-state index contributed by atoms with van der Waals surface area (Å²) in [6.45, 7) is 4.39. The lowest BCUT2D eigenvalue weighted by atomic mass is 9.85. The minimum absolute atomic E-state index is 0. The molecule has 1 aliphatic heterocycles. The lowest BCUT2D eigenvalue weighted by molar-refractivity contribution is 0.0730. The first-order valence-corrected chi connectivity index (χ1v) is 11.6. The van der Waals surface area contributed by atoms with Gasteiger partial charge in [-0.05, 0) is 25.7 Å². The minimum Gasteiger partial charge on any atom is -0.379 e. The van der Waals surface area contributed by atoms with Crippen molar-refractivity contribution in [3.05, 3.63) is 0 Å². The van der Waals surface area contributed by atoms with E-state index < -0.39 is 10.0 Å². The molecule has 1 aliphatic carbocycles. The number of hydrogen-bond donors (Lipinski definition) is 2. The smallest absolute Gasteiger partial charge is 0.215 e. The van der Waals surface area contributed by atoms with Crippen LogP contribution in [-0.4, -0.2) is 70.4 Å². The van der Waals surface area contributed by atoms with Crippen molar-refractivity contribution in [3.8, 4) is 0 Å². The van der Waals surface area contributed by atoms with E-state index in [1.54, 1.807) is 7.05 Å². The highest BCUT2D eigenvalue weighted by Gasteiger charge is 2.24. The summed E-state index contributed by atoms with van der Waals surface area (Å²) in [4.78, 5) is 4.22. The number of morpholine rings is 1. The van der Waals surface area contributed by atoms with Crippen molar-refractivity contribution in [1.82, 2.24) is 14.9 Å². The number of nitrogens with zero attached hydrogens (tertiary/aromatic N) is 2. The minimum atomic E-state index is -3.23. The van der Waals surface area contributed by atoms with Crippen LogP contribution >= 0.6 is 24.0 Å². The Hall–Kier alpha value is -0.130. The highest BCUT2D eigenvalue weighted by atomic mass is 127. The molecule has 0 radical (unpaired) electrons. The Bertz CT molecular complexity index is 533. The summed E-state index contributed by atoms with van der Waals surface area (Å²) < 4.78 is 31.4. The third-order valence-corrected chi connectivity index (χ3v) is 7.23. The molecule has 2 N–H and O–H groups in total. The third kappa shape index (κ3) is 9.27. The number of guanidine groups is 1. The molecule has 160 valence electrons. The van der Waals surface area contributed by atoms with Crippen molar-refractivity contribution in [2.24, 2.45) is 10.9 Å². The summed E-state index contributed by atoms with van der Waals surface area (Å²) in [6, 6.07) is 0.332. The van der Waals surface area contributed by atoms with E-state index in [1.807, 2.05) is 0 Å². The van der Waals surface area contributed by atoms with Gasteiger partial charge in [0.1, 0.15) is 0 Å². The van der Waals surface area contributed by atoms with Gasteiger partial charge in [-0.25, -0.2) is 8.42 Å². The second kappa shape index (κ2) is 13.2. The average molecular weight is 516 g/mol. The standard InChI is InChI=1S/C18H36N4O3S.HI/c1-16(8-9-17-6-4-3-5-7-17)21-18(19-2)20-10-15-26(23,24)22-11-13-25-14-12-22;/h16-17H,3-15H2,1-2H3,(H2,19,20,21);1H. The molecule has 0 aromatic carbocycles. The van der Waals surface area contributed by atoms with E-state index in [-0.39, 0.29) is 29.7 Å². The van der Waals surface area contributed by atoms with Crippen LogP contribution in [0, 0.1) is 5.92 Å². The molecule has 1 unspecified atom stereocenters. The van der Waals surface area contributed by atoms with Gasteiger partial charge < -0.3 is 15.4 Å². The Morgan fingerprint density at radius 1 is 1.22 bits per heavy atom. The fourth-order valence-electron chi connectivity index (χ4n) is 3.71. The zero-order chi connectivity index (χ0) is 18.8. The quantitative estimate of drug-likeness (QED) is 0.294. The van der Waals surface area contributed by atoms with Crippen molar-refractivity contribution in [2.75, 3.05) is 45.6 Å². The van der Waals surface area contributed by atoms with Gasteiger partial charge >= 0.3 is 0 Å². The van der Waals surface area contributed by atoms with Gasteiger partial charge in [-0.15, -0.1) is 24.0 Å². The molecule has 0 bridgehead atoms. The number of hydrogen-bond acceptors (Lipinski definition) is 4. The van der Waals surface area contributed by atoms with Crippen LogP contribution in [0.3, 0.4) is 0 Å². The van der Waals surface area contributed by atoms with Crippen molar-refractivity contribution in [1.29, 1.82) is 0 Å². The van der Waals surface area contributed by atoms with Gasteiger partial charge in [-0.2, -0.15) is 4.31 Å². The second-order valence-electron chi connectivity index (χ2n) is 7.45. The number of ether oxygens (including phenoxy) is 1. The predicted octanol–water partition coefficient (Wildman–Crippen LogP) is 2.18. The Kier molecular flexibility index (Phi) is 12.1. The van der Waals surface area contributed by atoms with Crippen molar-refractivity contribution in [3.63, 3.8) is 0 Å². The van der Waals surface area contributed by atoms with Gasteiger partial charge in [0, 0.05) is 32.7 Å². The molecule has 1 atom stereocenters. The fourth-order valence-corrected chi connectivity index (χ4v) is 5.04. The zero-order valence-corrected chi connectivity index (χ0v) is 19.9. The molecular formula is C18H37IN4O3S. The average Bonchev–Trinajstić information content (AvgIpc) is 2.67. The molecule has 27 heavy (non-hydrogen) atoms. The summed E-state index contributed by atoms with van der Waals surface area (Å²) in [6.07, 6.45) is 9.29. The van der Waals surface area contributed by atoms with Crippen LogP contribution in [0.5, 0.6) is 0 Å². The van der Waals surface area contributed by atoms with Crippen LogP contribution in [0.1, 0.15) is 51.9 Å². The first kappa shape index (κ1) is 24.9. The summed E-state index contributed by atoms with van der Waals surface area (Å²) in [5, 5.41) is 6.52. The summed E-state index contributed by atoms with van der Waals surface area (Å²) in [7, 11) is -1.51. The van der Waals surface area contributed by atoms with Crippen molar-refractivity contribution in [2.45, 2.75) is 57.9 Å². The molecule has 9 heteroatoms. The van der Waals surface area contributed by atoms with Crippen LogP contribution in [0.15, 0.2) is 4.99 Å². The Balaban J connectivity index is 0.00000364. The molecular weight excluding hydrogens is 479 g/mol. The van der Waals surface area contributed by atoms with Gasteiger partial charge in [0.05, 0.1) is 19.0 Å². The van der Waals surface area contributed by atoms with Crippen LogP contribution in [0.25, 0.3) is 0 Å². The van der Waals surface area contributed by atoms with Gasteiger partial charge in [0.15, 0.2) is 5.96 Å². The van der Waals surface area contributed by atoms with E-state index in [4.69, 9.17) is 4.74 Å². The predicted molar refractivity (Wildman–Crippen MR) is 121 cm³/mol. The molecule has 0 aromatic rings. The lowest BCUT2D eigenvalue weighted by Gasteiger charge is -2.26. The van der Waals surface area contributed by atoms with Crippen molar-refractivity contribution < 1.29 is 13.2 Å². The maximum absolute atomic E-state index is 12.3. The number of aliphatic imine (C=N–C) groups is 1. The van der Waals surface area contributed by atoms with E-state index in [2.05, 4.69) is 22.5 Å². The first-order chi connectivity index (χ1) is 12.5. The highest BCUT2D eigenvalue weighted by Crippen LogP contribution is 2.27. The Morgan fingerprint density at radius 3 is 2.52 bits per heavy atom. The van der Waals surface area contributed by atoms with Crippen LogP contribution < -0.4 is 10.6 Å². The molecule has 0 aromatic heterocycles. The largest absolute Gasteiger partial charge is 0.379 e. The lowest BCUT2D eigenvalue weighted by Crippen LogP contribution is -2.46. The molecule has 2 aliphatic rings. The maximum Gasteiger partial charge on any atom is 0.215 e. The number of nitrogens with one attached hydrogen (secondary N) is 2. The highest BCUT2D eigenvalue weighted by molar-refractivity contribution is 14.0. The zero-order valence-electron chi connectivity index (χ0n) is 16.8. The summed E-state index contributed by atoms with van der Waals surface area (Å²) in [5.74, 6) is 1.63. The normalized spacial score (nSPS) is 21.3. The number of halogens is 1. The first-order valence-electron chi connectivity index (χ1n) is 10.0. The van der Waals surface area contributed by atoms with Gasteiger partial charge in [-0.3, -0.25) is 4.99 Å². The van der Waals surface area contributed by atoms with Crippen molar-refractivity contribution >= 4 is 40.0 Å². The number of rotatable bonds is 8. The van der Waals surface area contributed by atoms with E-state index in [1.165, 1.54) is 42.8 Å². The molecule has 1 saturated carbocycles. The van der Waals surface area contributed by atoms with Crippen LogP contribution in [0.4, 0.5) is 0 Å². The van der Waals surface area contributed by atoms with E-state index >= 15 is 0 Å². The maximum atomic E-state index is 12.3. The van der Waals surface area contributed by atoms with E-state index in [0.29, 0.717) is 44.8 Å². The topological polar surface area (TPSA) is 83.0 Å². The Labute approximate surface area is 182 Å². The molecule has 0 amide bonds. The Morgan fingerprint density at radius 2 is 1.89 bits per heavy atom. The fraction of sp³-hybridized carbons (Fsp3) is 0.944. The van der Waals surface area contributed by atoms with Gasteiger partial charge in [0.25, 0.3) is 0 Å². The van der Waals surface area contributed by atoms with E-state index in [9.17, 15) is 8.42 Å². The molecule has 0 spiro atoms. The van der Waals surface area contributed by atoms with Gasteiger partial charge in [0.2, 0.25) is 10.0 Å². The van der Waals surface area contributed by atoms with Gasteiger partial charge in [-0.1, -0.05) is 32.1 Å². The SMILES string of the molecule is CN=C(NCCS(=O)(=O)N1CCOCC1)NC(C)CCC1CCCCC1.I. The van der Waals surface area contributed by atoms with E-state index in [0.717, 1.165) is 12.3 Å². The van der Waals surface area contributed by atoms with Crippen LogP contribution in [-0.2, 0) is 14.8 Å². The summed E-state index contributed by atoms with van der Waals surface area (Å²) in [5.41, 5.74) is 0. The summed E-state index contributed by atoms with van der Waals surface area (Å²) >= 11 is 0. The monoisotopic (exact) mass is 516 g/mol. The number of sulfonamides is 1. The molecule has 2 rings (SSSR count). The molecule has 1 heterocycles. The molecule has 7 nitrogen and oxygen atoms in total. The molecule has 1 saturated heterocycles. The molecule has 2 fully saturated rings.